The van der Waals surface area contributed by atoms with Gasteiger partial charge in [0.15, 0.2) is 9.75 Å². The summed E-state index contributed by atoms with van der Waals surface area (Å²) in [6.45, 7) is 0.135. The van der Waals surface area contributed by atoms with E-state index < -0.39 is 45.2 Å². The number of carbonyl (C=O) groups is 4. The van der Waals surface area contributed by atoms with Gasteiger partial charge in [-0.2, -0.15) is 0 Å². The van der Waals surface area contributed by atoms with E-state index in [1.165, 1.54) is 18.1 Å². The lowest BCUT2D eigenvalue weighted by Gasteiger charge is -2.50. The fourth-order valence-corrected chi connectivity index (χ4v) is 8.40. The van der Waals surface area contributed by atoms with E-state index in [2.05, 4.69) is 15.9 Å². The first-order valence-electron chi connectivity index (χ1n) is 12.8. The lowest BCUT2D eigenvalue weighted by atomic mass is 9.56. The number of amides is 4. The van der Waals surface area contributed by atoms with Crippen LogP contribution < -0.4 is 4.74 Å². The van der Waals surface area contributed by atoms with Crippen LogP contribution >= 0.6 is 39.1 Å². The van der Waals surface area contributed by atoms with Crippen LogP contribution in [0.5, 0.6) is 11.5 Å². The number of halogens is 3. The number of fused-ring (bicyclic) bond motifs is 4. The molecule has 0 spiro atoms. The van der Waals surface area contributed by atoms with Gasteiger partial charge in [0.05, 0.1) is 30.9 Å². The molecule has 2 heterocycles. The number of likely N-dealkylation sites (tertiary alicyclic amines) is 2. The van der Waals surface area contributed by atoms with E-state index in [0.717, 1.165) is 10.5 Å². The summed E-state index contributed by atoms with van der Waals surface area (Å²) < 4.78 is 5.23. The van der Waals surface area contributed by atoms with Crippen LogP contribution in [0.15, 0.2) is 60.2 Å². The molecule has 11 heteroatoms. The molecule has 2 aliphatic heterocycles. The first-order valence-corrected chi connectivity index (χ1v) is 14.7. The van der Waals surface area contributed by atoms with Crippen molar-refractivity contribution in [2.75, 3.05) is 12.6 Å². The van der Waals surface area contributed by atoms with Gasteiger partial charge in [-0.05, 0) is 30.4 Å². The summed E-state index contributed by atoms with van der Waals surface area (Å²) in [6.07, 6.45) is 1.99. The van der Waals surface area contributed by atoms with Crippen molar-refractivity contribution in [3.8, 4) is 11.5 Å². The third-order valence-electron chi connectivity index (χ3n) is 8.84. The number of aromatic hydroxyl groups is 1. The molecule has 1 N–H and O–H groups in total. The quantitative estimate of drug-likeness (QED) is 0.225. The number of methoxy groups -OCH3 is 1. The first kappa shape index (κ1) is 27.3. The Hall–Kier alpha value is -2.88. The highest BCUT2D eigenvalue weighted by Gasteiger charge is 2.76. The molecule has 2 aromatic rings. The van der Waals surface area contributed by atoms with E-state index in [0.29, 0.717) is 11.3 Å². The van der Waals surface area contributed by atoms with Gasteiger partial charge in [0, 0.05) is 17.5 Å². The molecule has 208 valence electrons. The van der Waals surface area contributed by atoms with Crippen LogP contribution in [0.2, 0.25) is 0 Å². The maximum absolute atomic E-state index is 13.9. The van der Waals surface area contributed by atoms with Gasteiger partial charge in [-0.3, -0.25) is 29.0 Å². The molecule has 2 aliphatic carbocycles. The highest BCUT2D eigenvalue weighted by molar-refractivity contribution is 9.09. The Labute approximate surface area is 249 Å². The summed E-state index contributed by atoms with van der Waals surface area (Å²) in [7, 11) is 1.46. The number of imide groups is 2. The van der Waals surface area contributed by atoms with Crippen LogP contribution in [-0.4, -0.2) is 60.8 Å². The van der Waals surface area contributed by atoms with Crippen molar-refractivity contribution in [3.05, 3.63) is 71.3 Å². The number of hydrogen-bond acceptors (Lipinski definition) is 6. The zero-order valence-electron chi connectivity index (χ0n) is 21.4. The summed E-state index contributed by atoms with van der Waals surface area (Å²) in [5.74, 6) is -4.89. The average molecular weight is 648 g/mol. The third kappa shape index (κ3) is 3.56. The molecule has 40 heavy (non-hydrogen) atoms. The Morgan fingerprint density at radius 1 is 1.00 bits per heavy atom. The van der Waals surface area contributed by atoms with Gasteiger partial charge in [-0.1, -0.05) is 64.0 Å². The van der Waals surface area contributed by atoms with E-state index in [1.807, 2.05) is 36.4 Å². The molecule has 0 bridgehead atoms. The Morgan fingerprint density at radius 3 is 2.38 bits per heavy atom. The molecule has 0 unspecified atom stereocenters. The van der Waals surface area contributed by atoms with Crippen molar-refractivity contribution in [1.29, 1.82) is 0 Å². The summed E-state index contributed by atoms with van der Waals surface area (Å²) >= 11 is 17.6. The largest absolute Gasteiger partial charge is 0.508 e. The number of nitrogens with zero attached hydrogens (tertiary/aromatic N) is 2. The molecular weight excluding hydrogens is 623 g/mol. The molecule has 6 rings (SSSR count). The van der Waals surface area contributed by atoms with E-state index in [1.54, 1.807) is 12.1 Å². The van der Waals surface area contributed by atoms with Crippen molar-refractivity contribution in [2.24, 2.45) is 17.8 Å². The molecule has 3 fully saturated rings. The second-order valence-corrected chi connectivity index (χ2v) is 12.4. The molecule has 0 radical (unpaired) electrons. The standard InChI is InChI=1S/C29H25BrCl2N2O6/c1-40-16-7-8-18(21(35)11-16)23-17-9-10-19-22(25(37)33(24(19)36)13-15-5-3-2-4-6-15)20(17)12-28(31)26(38)34(14-30)27(39)29(23,28)32/h2-9,11,19-20,22-23,35H,10,12-14H2,1H3/t19-,20+,22-,23+,28+,29-/m0/s1. The monoisotopic (exact) mass is 646 g/mol. The Bertz CT molecular complexity index is 1480. The second kappa shape index (κ2) is 9.60. The second-order valence-electron chi connectivity index (χ2n) is 10.7. The number of allylic oxidation sites excluding steroid dienone is 2. The van der Waals surface area contributed by atoms with Gasteiger partial charge in [0.2, 0.25) is 11.8 Å². The lowest BCUT2D eigenvalue weighted by Crippen LogP contribution is -2.60. The van der Waals surface area contributed by atoms with Gasteiger partial charge in [0.1, 0.15) is 11.5 Å². The summed E-state index contributed by atoms with van der Waals surface area (Å²) in [5.41, 5.74) is 1.60. The first-order chi connectivity index (χ1) is 19.1. The SMILES string of the molecule is COc1ccc([C@H]2C3=CC[C@@H]4C(=O)N(Cc5ccccc5)C(=O)[C@@H]4[C@@H]3C[C@@]3(Cl)C(=O)N(CBr)C(=O)[C@@]23Cl)c(O)c1. The number of phenols is 1. The Kier molecular flexibility index (Phi) is 6.55. The van der Waals surface area contributed by atoms with Crippen molar-refractivity contribution in [1.82, 2.24) is 9.80 Å². The fourth-order valence-electron chi connectivity index (χ4n) is 6.98. The average Bonchev–Trinajstić information content (AvgIpc) is 3.27. The number of hydrogen-bond donors (Lipinski definition) is 1. The van der Waals surface area contributed by atoms with Crippen LogP contribution in [-0.2, 0) is 25.7 Å². The maximum Gasteiger partial charge on any atom is 0.254 e. The number of phenolic OH excluding ortho intramolecular Hbond substituents is 1. The third-order valence-corrected chi connectivity index (χ3v) is 10.8. The van der Waals surface area contributed by atoms with E-state index in [9.17, 15) is 24.3 Å². The minimum absolute atomic E-state index is 0.106. The van der Waals surface area contributed by atoms with E-state index >= 15 is 0 Å². The van der Waals surface area contributed by atoms with E-state index in [4.69, 9.17) is 27.9 Å². The van der Waals surface area contributed by atoms with Gasteiger partial charge in [-0.25, -0.2) is 0 Å². The molecule has 4 aliphatic rings. The van der Waals surface area contributed by atoms with Gasteiger partial charge >= 0.3 is 0 Å². The molecule has 2 aromatic carbocycles. The highest BCUT2D eigenvalue weighted by atomic mass is 79.9. The predicted octanol–water partition coefficient (Wildman–Crippen LogP) is 4.31. The van der Waals surface area contributed by atoms with Crippen molar-refractivity contribution < 1.29 is 29.0 Å². The number of ether oxygens (including phenoxy) is 1. The van der Waals surface area contributed by atoms with Crippen molar-refractivity contribution in [2.45, 2.75) is 35.1 Å². The topological polar surface area (TPSA) is 104 Å². The summed E-state index contributed by atoms with van der Waals surface area (Å²) in [5, 5.41) is 11.1. The van der Waals surface area contributed by atoms with E-state index in [-0.39, 0.29) is 48.0 Å². The van der Waals surface area contributed by atoms with Gasteiger partial charge in [-0.15, -0.1) is 23.2 Å². The van der Waals surface area contributed by atoms with Crippen LogP contribution in [0.1, 0.15) is 29.9 Å². The lowest BCUT2D eigenvalue weighted by molar-refractivity contribution is -0.141. The number of alkyl halides is 3. The predicted molar refractivity (Wildman–Crippen MR) is 150 cm³/mol. The summed E-state index contributed by atoms with van der Waals surface area (Å²) in [6, 6.07) is 13.9. The van der Waals surface area contributed by atoms with Gasteiger partial charge < -0.3 is 9.84 Å². The van der Waals surface area contributed by atoms with Crippen LogP contribution in [0.3, 0.4) is 0 Å². The smallest absolute Gasteiger partial charge is 0.254 e. The molecule has 8 nitrogen and oxygen atoms in total. The molecule has 2 saturated heterocycles. The molecule has 1 saturated carbocycles. The van der Waals surface area contributed by atoms with Crippen LogP contribution in [0.4, 0.5) is 0 Å². The van der Waals surface area contributed by atoms with Crippen LogP contribution in [0, 0.1) is 17.8 Å². The zero-order valence-corrected chi connectivity index (χ0v) is 24.4. The number of rotatable bonds is 5. The number of carbonyl (C=O) groups excluding carboxylic acids is 4. The molecule has 4 amide bonds. The normalized spacial score (nSPS) is 33.0. The highest BCUT2D eigenvalue weighted by Crippen LogP contribution is 2.66. The minimum atomic E-state index is -1.98. The Morgan fingerprint density at radius 2 is 1.73 bits per heavy atom. The fraction of sp³-hybridized carbons (Fsp3) is 0.379. The van der Waals surface area contributed by atoms with Crippen LogP contribution in [0.25, 0.3) is 0 Å². The molecule has 6 atom stereocenters. The van der Waals surface area contributed by atoms with Gasteiger partial charge in [0.25, 0.3) is 11.8 Å². The minimum Gasteiger partial charge on any atom is -0.508 e. The molecule has 0 aromatic heterocycles. The molecular formula is C29H25BrCl2N2O6. The zero-order chi connectivity index (χ0) is 28.6. The summed E-state index contributed by atoms with van der Waals surface area (Å²) in [4.78, 5) is 53.3. The van der Waals surface area contributed by atoms with Crippen molar-refractivity contribution >= 4 is 62.8 Å². The Balaban J connectivity index is 1.49. The number of benzene rings is 2. The van der Waals surface area contributed by atoms with Crippen molar-refractivity contribution in [3.63, 3.8) is 0 Å². The maximum atomic E-state index is 13.9.